The van der Waals surface area contributed by atoms with Gasteiger partial charge in [0.2, 0.25) is 0 Å². The Kier molecular flexibility index (Phi) is 2.80. The molecule has 0 aromatic heterocycles. The Bertz CT molecular complexity index is 422. The second kappa shape index (κ2) is 3.98. The van der Waals surface area contributed by atoms with Crippen molar-refractivity contribution in [1.82, 2.24) is 0 Å². The van der Waals surface area contributed by atoms with E-state index in [-0.39, 0.29) is 5.75 Å². The first-order chi connectivity index (χ1) is 7.56. The fraction of sp³-hybridized carbons (Fsp3) is 0.417. The van der Waals surface area contributed by atoms with E-state index in [9.17, 15) is 15.0 Å². The normalized spacial score (nSPS) is 18.6. The maximum absolute atomic E-state index is 11.4. The van der Waals surface area contributed by atoms with Crippen LogP contribution < -0.4 is 0 Å². The van der Waals surface area contributed by atoms with E-state index in [2.05, 4.69) is 0 Å². The molecule has 2 N–H and O–H groups in total. The van der Waals surface area contributed by atoms with Crippen molar-refractivity contribution in [3.05, 3.63) is 28.8 Å². The smallest absolute Gasteiger partial charge is 0.314 e. The molecule has 16 heavy (non-hydrogen) atoms. The molecular formula is C12H13ClO3. The van der Waals surface area contributed by atoms with Crippen molar-refractivity contribution in [2.45, 2.75) is 31.1 Å². The van der Waals surface area contributed by atoms with Crippen LogP contribution in [-0.4, -0.2) is 16.2 Å². The van der Waals surface area contributed by atoms with Gasteiger partial charge in [0.15, 0.2) is 0 Å². The minimum absolute atomic E-state index is 0.0219. The summed E-state index contributed by atoms with van der Waals surface area (Å²) in [4.78, 5) is 11.4. The lowest BCUT2D eigenvalue weighted by Crippen LogP contribution is -2.32. The predicted molar refractivity (Wildman–Crippen MR) is 60.9 cm³/mol. The number of carboxylic acids is 1. The molecule has 0 atom stereocenters. The Morgan fingerprint density at radius 1 is 1.31 bits per heavy atom. The SMILES string of the molecule is O=C(O)C1(c2cc(Cl)ccc2O)CCCC1. The van der Waals surface area contributed by atoms with Crippen LogP contribution in [0.3, 0.4) is 0 Å². The number of halogens is 1. The van der Waals surface area contributed by atoms with Gasteiger partial charge in [-0.1, -0.05) is 24.4 Å². The molecule has 1 saturated carbocycles. The molecule has 0 unspecified atom stereocenters. The van der Waals surface area contributed by atoms with E-state index in [0.717, 1.165) is 12.8 Å². The molecule has 1 aromatic carbocycles. The highest BCUT2D eigenvalue weighted by Gasteiger charge is 2.44. The van der Waals surface area contributed by atoms with Crippen molar-refractivity contribution in [3.63, 3.8) is 0 Å². The number of aromatic hydroxyl groups is 1. The zero-order chi connectivity index (χ0) is 11.8. The summed E-state index contributed by atoms with van der Waals surface area (Å²) in [7, 11) is 0. The van der Waals surface area contributed by atoms with Gasteiger partial charge in [-0.25, -0.2) is 0 Å². The fourth-order valence-electron chi connectivity index (χ4n) is 2.47. The zero-order valence-corrected chi connectivity index (χ0v) is 9.50. The lowest BCUT2D eigenvalue weighted by Gasteiger charge is -2.25. The monoisotopic (exact) mass is 240 g/mol. The quantitative estimate of drug-likeness (QED) is 0.836. The van der Waals surface area contributed by atoms with Crippen LogP contribution in [0.2, 0.25) is 5.02 Å². The number of rotatable bonds is 2. The van der Waals surface area contributed by atoms with Gasteiger partial charge in [-0.15, -0.1) is 0 Å². The predicted octanol–water partition coefficient (Wildman–Crippen LogP) is 2.94. The van der Waals surface area contributed by atoms with Crippen LogP contribution in [0.1, 0.15) is 31.2 Å². The molecule has 0 radical (unpaired) electrons. The Balaban J connectivity index is 2.55. The van der Waals surface area contributed by atoms with Crippen LogP contribution in [0.4, 0.5) is 0 Å². The number of hydrogen-bond acceptors (Lipinski definition) is 2. The Morgan fingerprint density at radius 2 is 1.94 bits per heavy atom. The summed E-state index contributed by atoms with van der Waals surface area (Å²) in [6, 6.07) is 4.59. The Morgan fingerprint density at radius 3 is 2.50 bits per heavy atom. The summed E-state index contributed by atoms with van der Waals surface area (Å²) in [5, 5.41) is 19.6. The second-order valence-corrected chi connectivity index (χ2v) is 4.69. The Labute approximate surface area is 98.7 Å². The number of hydrogen-bond donors (Lipinski definition) is 2. The zero-order valence-electron chi connectivity index (χ0n) is 8.74. The molecule has 1 aliphatic rings. The standard InChI is InChI=1S/C12H13ClO3/c13-8-3-4-10(14)9(7-8)12(11(15)16)5-1-2-6-12/h3-4,7,14H,1-2,5-6H2,(H,15,16). The molecule has 0 spiro atoms. The Hall–Kier alpha value is -1.22. The van der Waals surface area contributed by atoms with Crippen molar-refractivity contribution in [1.29, 1.82) is 0 Å². The molecule has 0 heterocycles. The molecule has 1 aliphatic carbocycles. The van der Waals surface area contributed by atoms with Gasteiger partial charge in [0.25, 0.3) is 0 Å². The molecule has 0 saturated heterocycles. The summed E-state index contributed by atoms with van der Waals surface area (Å²) < 4.78 is 0. The first-order valence-corrected chi connectivity index (χ1v) is 5.66. The van der Waals surface area contributed by atoms with Crippen LogP contribution in [0.15, 0.2) is 18.2 Å². The summed E-state index contributed by atoms with van der Waals surface area (Å²) in [6.07, 6.45) is 2.88. The van der Waals surface area contributed by atoms with E-state index in [1.165, 1.54) is 6.07 Å². The molecule has 0 aliphatic heterocycles. The third-order valence-electron chi connectivity index (χ3n) is 3.34. The maximum Gasteiger partial charge on any atom is 0.314 e. The molecule has 2 rings (SSSR count). The lowest BCUT2D eigenvalue weighted by molar-refractivity contribution is -0.143. The number of aliphatic carboxylic acids is 1. The molecule has 0 amide bonds. The van der Waals surface area contributed by atoms with Gasteiger partial charge in [0.05, 0.1) is 5.41 Å². The van der Waals surface area contributed by atoms with Crippen LogP contribution in [0.25, 0.3) is 0 Å². The molecule has 0 bridgehead atoms. The van der Waals surface area contributed by atoms with Gasteiger partial charge in [-0.2, -0.15) is 0 Å². The summed E-state index contributed by atoms with van der Waals surface area (Å²) in [5.74, 6) is -0.851. The number of phenols is 1. The highest BCUT2D eigenvalue weighted by Crippen LogP contribution is 2.45. The first kappa shape index (κ1) is 11.3. The minimum Gasteiger partial charge on any atom is -0.508 e. The van der Waals surface area contributed by atoms with Crippen LogP contribution in [0.5, 0.6) is 5.75 Å². The lowest BCUT2D eigenvalue weighted by atomic mass is 9.78. The van der Waals surface area contributed by atoms with E-state index in [4.69, 9.17) is 11.6 Å². The summed E-state index contributed by atoms with van der Waals surface area (Å²) >= 11 is 5.86. The van der Waals surface area contributed by atoms with E-state index in [0.29, 0.717) is 23.4 Å². The van der Waals surface area contributed by atoms with E-state index < -0.39 is 11.4 Å². The van der Waals surface area contributed by atoms with Crippen molar-refractivity contribution in [3.8, 4) is 5.75 Å². The summed E-state index contributed by atoms with van der Waals surface area (Å²) in [5.41, 5.74) is -0.500. The highest BCUT2D eigenvalue weighted by atomic mass is 35.5. The van der Waals surface area contributed by atoms with Crippen LogP contribution in [-0.2, 0) is 10.2 Å². The number of carboxylic acid groups (broad SMARTS) is 1. The van der Waals surface area contributed by atoms with Gasteiger partial charge in [0.1, 0.15) is 5.75 Å². The van der Waals surface area contributed by atoms with Crippen molar-refractivity contribution < 1.29 is 15.0 Å². The van der Waals surface area contributed by atoms with Gasteiger partial charge in [-0.3, -0.25) is 4.79 Å². The van der Waals surface area contributed by atoms with Gasteiger partial charge < -0.3 is 10.2 Å². The average Bonchev–Trinajstić information content (AvgIpc) is 2.71. The van der Waals surface area contributed by atoms with Gasteiger partial charge in [-0.05, 0) is 31.0 Å². The molecule has 3 nitrogen and oxygen atoms in total. The fourth-order valence-corrected chi connectivity index (χ4v) is 2.64. The number of benzene rings is 1. The third kappa shape index (κ3) is 1.65. The van der Waals surface area contributed by atoms with Crippen LogP contribution >= 0.6 is 11.6 Å². The third-order valence-corrected chi connectivity index (χ3v) is 3.58. The van der Waals surface area contributed by atoms with E-state index in [1.54, 1.807) is 12.1 Å². The second-order valence-electron chi connectivity index (χ2n) is 4.26. The number of carbonyl (C=O) groups is 1. The molecule has 86 valence electrons. The van der Waals surface area contributed by atoms with Crippen molar-refractivity contribution in [2.24, 2.45) is 0 Å². The number of phenolic OH excluding ortho intramolecular Hbond substituents is 1. The average molecular weight is 241 g/mol. The van der Waals surface area contributed by atoms with E-state index >= 15 is 0 Å². The summed E-state index contributed by atoms with van der Waals surface area (Å²) in [6.45, 7) is 0. The van der Waals surface area contributed by atoms with Gasteiger partial charge >= 0.3 is 5.97 Å². The van der Waals surface area contributed by atoms with Gasteiger partial charge in [0, 0.05) is 10.6 Å². The van der Waals surface area contributed by atoms with Crippen molar-refractivity contribution in [2.75, 3.05) is 0 Å². The topological polar surface area (TPSA) is 57.5 Å². The first-order valence-electron chi connectivity index (χ1n) is 5.29. The van der Waals surface area contributed by atoms with Crippen LogP contribution in [0, 0.1) is 0 Å². The largest absolute Gasteiger partial charge is 0.508 e. The molecular weight excluding hydrogens is 228 g/mol. The molecule has 1 aromatic rings. The highest BCUT2D eigenvalue weighted by molar-refractivity contribution is 6.30. The van der Waals surface area contributed by atoms with Crippen molar-refractivity contribution >= 4 is 17.6 Å². The maximum atomic E-state index is 11.4. The molecule has 4 heteroatoms. The molecule has 1 fully saturated rings. The van der Waals surface area contributed by atoms with E-state index in [1.807, 2.05) is 0 Å². The minimum atomic E-state index is -0.949.